The molecule has 4 nitrogen and oxygen atoms in total. The van der Waals surface area contributed by atoms with Crippen molar-refractivity contribution in [2.45, 2.75) is 12.2 Å². The number of nitrogens with one attached hydrogen (secondary N) is 1. The molecule has 100 valence electrons. The number of nitrogens with zero attached hydrogens (tertiary/aromatic N) is 1. The molecular formula is C12H11ClN2O2S2. The number of anilines is 1. The number of carbonyl (C=O) groups excluding carboxylic acids is 2. The monoisotopic (exact) mass is 314 g/mol. The molecule has 2 rings (SSSR count). The average Bonchev–Trinajstić information content (AvgIpc) is 2.59. The maximum atomic E-state index is 11.8. The quantitative estimate of drug-likeness (QED) is 0.871. The molecule has 0 spiro atoms. The Labute approximate surface area is 125 Å². The Balaban J connectivity index is 1.96. The Morgan fingerprint density at radius 3 is 2.63 bits per heavy atom. The number of benzene rings is 1. The minimum absolute atomic E-state index is 0.0579. The lowest BCUT2D eigenvalue weighted by Crippen LogP contribution is -2.37. The van der Waals surface area contributed by atoms with Crippen LogP contribution in [-0.2, 0) is 9.59 Å². The molecule has 0 aromatic heterocycles. The fourth-order valence-electron chi connectivity index (χ4n) is 1.59. The Bertz CT molecular complexity index is 533. The average molecular weight is 315 g/mol. The van der Waals surface area contributed by atoms with Gasteiger partial charge in [0.15, 0.2) is 0 Å². The summed E-state index contributed by atoms with van der Waals surface area (Å²) in [6.07, 6.45) is 0. The molecule has 1 unspecified atom stereocenters. The van der Waals surface area contributed by atoms with Crippen molar-refractivity contribution in [3.8, 4) is 0 Å². The Morgan fingerprint density at radius 1 is 1.47 bits per heavy atom. The van der Waals surface area contributed by atoms with Crippen molar-refractivity contribution in [1.29, 1.82) is 0 Å². The molecule has 2 amide bonds. The summed E-state index contributed by atoms with van der Waals surface area (Å²) in [5, 5.41) is 3.08. The predicted octanol–water partition coefficient (Wildman–Crippen LogP) is 2.53. The molecule has 1 saturated heterocycles. The molecule has 1 fully saturated rings. The van der Waals surface area contributed by atoms with Crippen LogP contribution in [0.2, 0.25) is 5.02 Å². The largest absolute Gasteiger partial charge is 0.325 e. The lowest BCUT2D eigenvalue weighted by Gasteiger charge is -2.14. The highest BCUT2D eigenvalue weighted by atomic mass is 35.5. The number of thioether (sulfide) groups is 1. The minimum atomic E-state index is -0.285. The molecular weight excluding hydrogens is 304 g/mol. The first kappa shape index (κ1) is 14.3. The van der Waals surface area contributed by atoms with E-state index in [1.165, 1.54) is 16.7 Å². The van der Waals surface area contributed by atoms with Crippen LogP contribution < -0.4 is 5.32 Å². The van der Waals surface area contributed by atoms with Crippen LogP contribution in [0.25, 0.3) is 0 Å². The van der Waals surface area contributed by atoms with Crippen molar-refractivity contribution in [1.82, 2.24) is 4.90 Å². The molecule has 1 atom stereocenters. The molecule has 1 aliphatic heterocycles. The van der Waals surface area contributed by atoms with Crippen LogP contribution in [0, 0.1) is 0 Å². The van der Waals surface area contributed by atoms with Crippen molar-refractivity contribution in [3.63, 3.8) is 0 Å². The van der Waals surface area contributed by atoms with E-state index in [9.17, 15) is 9.59 Å². The zero-order chi connectivity index (χ0) is 14.0. The van der Waals surface area contributed by atoms with Crippen molar-refractivity contribution in [3.05, 3.63) is 29.3 Å². The van der Waals surface area contributed by atoms with Gasteiger partial charge in [0, 0.05) is 10.7 Å². The van der Waals surface area contributed by atoms with Crippen LogP contribution >= 0.6 is 35.6 Å². The van der Waals surface area contributed by atoms with Gasteiger partial charge in [0.2, 0.25) is 11.8 Å². The molecule has 1 aliphatic rings. The van der Waals surface area contributed by atoms with Crippen molar-refractivity contribution in [2.24, 2.45) is 0 Å². The van der Waals surface area contributed by atoms with Gasteiger partial charge in [-0.2, -0.15) is 0 Å². The molecule has 0 radical (unpaired) electrons. The number of halogens is 1. The van der Waals surface area contributed by atoms with Crippen LogP contribution in [0.4, 0.5) is 5.69 Å². The summed E-state index contributed by atoms with van der Waals surface area (Å²) >= 11 is 12.1. The molecule has 1 aromatic carbocycles. The summed E-state index contributed by atoms with van der Waals surface area (Å²) in [4.78, 5) is 24.9. The zero-order valence-electron chi connectivity index (χ0n) is 10.1. The van der Waals surface area contributed by atoms with Crippen LogP contribution in [0.15, 0.2) is 24.3 Å². The predicted molar refractivity (Wildman–Crippen MR) is 81.4 cm³/mol. The Hall–Kier alpha value is -1.11. The third kappa shape index (κ3) is 3.46. The van der Waals surface area contributed by atoms with E-state index in [4.69, 9.17) is 23.8 Å². The molecule has 0 saturated carbocycles. The van der Waals surface area contributed by atoms with Crippen molar-refractivity contribution >= 4 is 57.4 Å². The first-order valence-electron chi connectivity index (χ1n) is 5.55. The number of amides is 2. The topological polar surface area (TPSA) is 49.4 Å². The smallest absolute Gasteiger partial charge is 0.244 e. The van der Waals surface area contributed by atoms with Crippen LogP contribution in [0.1, 0.15) is 6.92 Å². The van der Waals surface area contributed by atoms with E-state index in [0.717, 1.165) is 0 Å². The minimum Gasteiger partial charge on any atom is -0.325 e. The molecule has 1 heterocycles. The van der Waals surface area contributed by atoms with E-state index in [1.807, 2.05) is 0 Å². The lowest BCUT2D eigenvalue weighted by molar-refractivity contribution is -0.129. The third-order valence-corrected chi connectivity index (χ3v) is 4.28. The van der Waals surface area contributed by atoms with Crippen LogP contribution in [0.3, 0.4) is 0 Å². The van der Waals surface area contributed by atoms with Gasteiger partial charge in [-0.15, -0.1) is 0 Å². The maximum Gasteiger partial charge on any atom is 0.244 e. The van der Waals surface area contributed by atoms with Gasteiger partial charge < -0.3 is 5.32 Å². The maximum absolute atomic E-state index is 11.8. The van der Waals surface area contributed by atoms with Gasteiger partial charge in [-0.1, -0.05) is 35.6 Å². The highest BCUT2D eigenvalue weighted by molar-refractivity contribution is 8.24. The second kappa shape index (κ2) is 5.90. The summed E-state index contributed by atoms with van der Waals surface area (Å²) in [7, 11) is 0. The Morgan fingerprint density at radius 2 is 2.11 bits per heavy atom. The van der Waals surface area contributed by atoms with Gasteiger partial charge in [0.25, 0.3) is 0 Å². The fourth-order valence-corrected chi connectivity index (χ4v) is 3.12. The molecule has 1 aromatic rings. The van der Waals surface area contributed by atoms with Crippen LogP contribution in [0.5, 0.6) is 0 Å². The standard InChI is InChI=1S/C12H11ClN2O2S2/c1-7-11(17)15(12(18)19-7)6-10(16)14-9-4-2-8(13)3-5-9/h2-5,7H,6H2,1H3,(H,14,16). The summed E-state index contributed by atoms with van der Waals surface area (Å²) in [5.41, 5.74) is 0.632. The van der Waals surface area contributed by atoms with Gasteiger partial charge in [-0.05, 0) is 31.2 Å². The number of thiocarbonyl (C=S) groups is 1. The van der Waals surface area contributed by atoms with Crippen molar-refractivity contribution < 1.29 is 9.59 Å². The van der Waals surface area contributed by atoms with Gasteiger partial charge in [-0.25, -0.2) is 0 Å². The summed E-state index contributed by atoms with van der Waals surface area (Å²) in [5.74, 6) is -0.408. The lowest BCUT2D eigenvalue weighted by atomic mass is 10.3. The van der Waals surface area contributed by atoms with E-state index in [0.29, 0.717) is 15.0 Å². The fraction of sp³-hybridized carbons (Fsp3) is 0.250. The van der Waals surface area contributed by atoms with E-state index < -0.39 is 0 Å². The Kier molecular flexibility index (Phi) is 4.44. The van der Waals surface area contributed by atoms with Gasteiger partial charge in [-0.3, -0.25) is 14.5 Å². The number of hydrogen-bond acceptors (Lipinski definition) is 4. The SMILES string of the molecule is CC1SC(=S)N(CC(=O)Nc2ccc(Cl)cc2)C1=O. The third-order valence-electron chi connectivity index (χ3n) is 2.54. The first-order valence-corrected chi connectivity index (χ1v) is 7.21. The van der Waals surface area contributed by atoms with Gasteiger partial charge in [0.1, 0.15) is 10.9 Å². The molecule has 19 heavy (non-hydrogen) atoms. The van der Waals surface area contributed by atoms with E-state index in [2.05, 4.69) is 5.32 Å². The van der Waals surface area contributed by atoms with Gasteiger partial charge >= 0.3 is 0 Å². The van der Waals surface area contributed by atoms with Gasteiger partial charge in [0.05, 0.1) is 5.25 Å². The molecule has 7 heteroatoms. The van der Waals surface area contributed by atoms with E-state index >= 15 is 0 Å². The second-order valence-corrected chi connectivity index (χ2v) is 6.42. The zero-order valence-corrected chi connectivity index (χ0v) is 12.4. The normalized spacial score (nSPS) is 18.8. The van der Waals surface area contributed by atoms with E-state index in [-0.39, 0.29) is 23.6 Å². The molecule has 0 bridgehead atoms. The number of hydrogen-bond donors (Lipinski definition) is 1. The summed E-state index contributed by atoms with van der Waals surface area (Å²) in [6, 6.07) is 6.75. The number of rotatable bonds is 3. The molecule has 0 aliphatic carbocycles. The molecule has 1 N–H and O–H groups in total. The van der Waals surface area contributed by atoms with E-state index in [1.54, 1.807) is 31.2 Å². The number of carbonyl (C=O) groups is 2. The summed E-state index contributed by atoms with van der Waals surface area (Å²) in [6.45, 7) is 1.72. The first-order chi connectivity index (χ1) is 8.97. The van der Waals surface area contributed by atoms with Crippen LogP contribution in [-0.4, -0.2) is 32.8 Å². The van der Waals surface area contributed by atoms with Crippen molar-refractivity contribution in [2.75, 3.05) is 11.9 Å². The summed E-state index contributed by atoms with van der Waals surface area (Å²) < 4.78 is 0.448. The highest BCUT2D eigenvalue weighted by Gasteiger charge is 2.34. The second-order valence-electron chi connectivity index (χ2n) is 4.01. The highest BCUT2D eigenvalue weighted by Crippen LogP contribution is 2.26.